The zero-order chi connectivity index (χ0) is 17.2. The molecule has 0 saturated heterocycles. The van der Waals surface area contributed by atoms with Crippen LogP contribution in [0, 0.1) is 5.92 Å². The number of nitrogens with one attached hydrogen (secondary N) is 1. The summed E-state index contributed by atoms with van der Waals surface area (Å²) >= 11 is 1.58. The van der Waals surface area contributed by atoms with Crippen LogP contribution in [0.5, 0.6) is 0 Å². The van der Waals surface area contributed by atoms with E-state index >= 15 is 0 Å². The van der Waals surface area contributed by atoms with Crippen molar-refractivity contribution in [1.82, 2.24) is 15.1 Å². The van der Waals surface area contributed by atoms with Crippen molar-refractivity contribution in [3.8, 4) is 16.3 Å². The Morgan fingerprint density at radius 2 is 2.08 bits per heavy atom. The van der Waals surface area contributed by atoms with Gasteiger partial charge in [0.25, 0.3) is 5.91 Å². The molecule has 128 valence electrons. The van der Waals surface area contributed by atoms with Gasteiger partial charge >= 0.3 is 0 Å². The van der Waals surface area contributed by atoms with Crippen molar-refractivity contribution in [3.63, 3.8) is 0 Å². The molecule has 1 unspecified atom stereocenters. The van der Waals surface area contributed by atoms with E-state index < -0.39 is 0 Å². The maximum Gasteiger partial charge on any atom is 0.255 e. The van der Waals surface area contributed by atoms with Gasteiger partial charge in [-0.15, -0.1) is 11.3 Å². The van der Waals surface area contributed by atoms with Crippen LogP contribution in [-0.4, -0.2) is 28.3 Å². The Bertz CT molecular complexity index is 853. The highest BCUT2D eigenvalue weighted by Gasteiger charge is 2.32. The fourth-order valence-electron chi connectivity index (χ4n) is 2.96. The number of hydrogen-bond donors (Lipinski definition) is 2. The van der Waals surface area contributed by atoms with Gasteiger partial charge < -0.3 is 11.1 Å². The van der Waals surface area contributed by atoms with Crippen molar-refractivity contribution in [3.05, 3.63) is 59.6 Å². The summed E-state index contributed by atoms with van der Waals surface area (Å²) in [6, 6.07) is 13.8. The maximum atomic E-state index is 12.9. The van der Waals surface area contributed by atoms with Gasteiger partial charge in [-0.2, -0.15) is 5.10 Å². The average molecular weight is 352 g/mol. The molecule has 25 heavy (non-hydrogen) atoms. The summed E-state index contributed by atoms with van der Waals surface area (Å²) in [4.78, 5) is 13.9. The second kappa shape index (κ2) is 6.82. The van der Waals surface area contributed by atoms with Crippen LogP contribution in [0.4, 0.5) is 0 Å². The van der Waals surface area contributed by atoms with Gasteiger partial charge in [-0.05, 0) is 42.3 Å². The molecule has 4 rings (SSSR count). The second-order valence-electron chi connectivity index (χ2n) is 6.30. The average Bonchev–Trinajstić information content (AvgIpc) is 3.17. The first-order valence-corrected chi connectivity index (χ1v) is 9.34. The summed E-state index contributed by atoms with van der Waals surface area (Å²) in [6.45, 7) is 0.470. The summed E-state index contributed by atoms with van der Waals surface area (Å²) < 4.78 is 1.76. The molecule has 3 N–H and O–H groups in total. The summed E-state index contributed by atoms with van der Waals surface area (Å²) in [5.74, 6) is 0.413. The molecule has 1 aliphatic rings. The lowest BCUT2D eigenvalue weighted by atomic mass is 10.1. The molecule has 1 amide bonds. The maximum absolute atomic E-state index is 12.9. The quantitative estimate of drug-likeness (QED) is 0.716. The van der Waals surface area contributed by atoms with E-state index in [1.165, 1.54) is 0 Å². The lowest BCUT2D eigenvalue weighted by Gasteiger charge is -2.15. The fraction of sp³-hybridized carbons (Fsp3) is 0.263. The molecule has 2 aromatic heterocycles. The summed E-state index contributed by atoms with van der Waals surface area (Å²) in [5.41, 5.74) is 8.06. The zero-order valence-electron chi connectivity index (χ0n) is 13.8. The molecule has 3 aromatic rings. The molecule has 1 aromatic carbocycles. The van der Waals surface area contributed by atoms with Crippen molar-refractivity contribution in [1.29, 1.82) is 0 Å². The van der Waals surface area contributed by atoms with Gasteiger partial charge in [0.15, 0.2) is 0 Å². The first kappa shape index (κ1) is 16.1. The lowest BCUT2D eigenvalue weighted by molar-refractivity contribution is 0.0934. The van der Waals surface area contributed by atoms with E-state index in [9.17, 15) is 4.79 Å². The van der Waals surface area contributed by atoms with Crippen LogP contribution in [0.15, 0.2) is 54.0 Å². The standard InChI is InChI=1S/C19H20N4OS/c20-11-16(13-8-9-13)21-19(24)15-12-23(14-5-2-1-3-6-14)22-18(15)17-7-4-10-25-17/h1-7,10,12-13,16H,8-9,11,20H2,(H,21,24). The number of rotatable bonds is 6. The number of para-hydroxylation sites is 1. The molecule has 5 nitrogen and oxygen atoms in total. The molecule has 2 heterocycles. The van der Waals surface area contributed by atoms with Gasteiger partial charge in [-0.3, -0.25) is 4.79 Å². The van der Waals surface area contributed by atoms with Crippen LogP contribution in [-0.2, 0) is 0 Å². The predicted molar refractivity (Wildman–Crippen MR) is 99.9 cm³/mol. The van der Waals surface area contributed by atoms with E-state index in [2.05, 4.69) is 10.4 Å². The largest absolute Gasteiger partial charge is 0.348 e. The third-order valence-corrected chi connectivity index (χ3v) is 5.37. The highest BCUT2D eigenvalue weighted by Crippen LogP contribution is 2.33. The fourth-order valence-corrected chi connectivity index (χ4v) is 3.69. The molecule has 0 spiro atoms. The Kier molecular flexibility index (Phi) is 4.38. The number of hydrogen-bond acceptors (Lipinski definition) is 4. The van der Waals surface area contributed by atoms with Gasteiger partial charge in [0.1, 0.15) is 5.69 Å². The lowest BCUT2D eigenvalue weighted by Crippen LogP contribution is -2.41. The highest BCUT2D eigenvalue weighted by atomic mass is 32.1. The van der Waals surface area contributed by atoms with Gasteiger partial charge in [-0.25, -0.2) is 4.68 Å². The van der Waals surface area contributed by atoms with Gasteiger partial charge in [-0.1, -0.05) is 24.3 Å². The summed E-state index contributed by atoms with van der Waals surface area (Å²) in [6.07, 6.45) is 4.09. The predicted octanol–water partition coefficient (Wildman–Crippen LogP) is 3.07. The van der Waals surface area contributed by atoms with Crippen LogP contribution >= 0.6 is 11.3 Å². The normalized spacial score (nSPS) is 15.1. The van der Waals surface area contributed by atoms with Crippen LogP contribution < -0.4 is 11.1 Å². The van der Waals surface area contributed by atoms with Crippen LogP contribution in [0.2, 0.25) is 0 Å². The number of aromatic nitrogens is 2. The monoisotopic (exact) mass is 352 g/mol. The van der Waals surface area contributed by atoms with Gasteiger partial charge in [0.2, 0.25) is 0 Å². The Labute approximate surface area is 150 Å². The SMILES string of the molecule is NCC(NC(=O)c1cn(-c2ccccc2)nc1-c1cccs1)C1CC1. The van der Waals surface area contributed by atoms with Crippen LogP contribution in [0.1, 0.15) is 23.2 Å². The van der Waals surface area contributed by atoms with E-state index in [1.54, 1.807) is 22.2 Å². The van der Waals surface area contributed by atoms with E-state index in [0.717, 1.165) is 23.4 Å². The Morgan fingerprint density at radius 3 is 2.72 bits per heavy atom. The zero-order valence-corrected chi connectivity index (χ0v) is 14.6. The number of nitrogens with zero attached hydrogens (tertiary/aromatic N) is 2. The Balaban J connectivity index is 1.69. The number of amides is 1. The number of carbonyl (C=O) groups is 1. The third kappa shape index (κ3) is 3.36. The second-order valence-corrected chi connectivity index (χ2v) is 7.25. The minimum Gasteiger partial charge on any atom is -0.348 e. The molecular weight excluding hydrogens is 332 g/mol. The van der Waals surface area contributed by atoms with E-state index in [0.29, 0.717) is 23.7 Å². The topological polar surface area (TPSA) is 72.9 Å². The molecule has 1 saturated carbocycles. The molecule has 0 bridgehead atoms. The van der Waals surface area contributed by atoms with Crippen LogP contribution in [0.25, 0.3) is 16.3 Å². The minimum absolute atomic E-state index is 0.0451. The molecule has 1 atom stereocenters. The smallest absolute Gasteiger partial charge is 0.255 e. The molecule has 0 radical (unpaired) electrons. The molecule has 0 aliphatic heterocycles. The first-order valence-electron chi connectivity index (χ1n) is 8.46. The van der Waals surface area contributed by atoms with Crippen molar-refractivity contribution >= 4 is 17.2 Å². The number of benzene rings is 1. The van der Waals surface area contributed by atoms with Gasteiger partial charge in [0, 0.05) is 18.8 Å². The van der Waals surface area contributed by atoms with Crippen molar-refractivity contribution in [2.24, 2.45) is 11.7 Å². The Morgan fingerprint density at radius 1 is 1.28 bits per heavy atom. The number of thiophene rings is 1. The highest BCUT2D eigenvalue weighted by molar-refractivity contribution is 7.13. The van der Waals surface area contributed by atoms with Gasteiger partial charge in [0.05, 0.1) is 16.1 Å². The van der Waals surface area contributed by atoms with E-state index in [4.69, 9.17) is 5.73 Å². The third-order valence-electron chi connectivity index (χ3n) is 4.50. The first-order chi connectivity index (χ1) is 12.3. The Hall–Kier alpha value is -2.44. The van der Waals surface area contributed by atoms with E-state index in [-0.39, 0.29) is 11.9 Å². The van der Waals surface area contributed by atoms with E-state index in [1.807, 2.05) is 47.8 Å². The molecule has 6 heteroatoms. The number of nitrogens with two attached hydrogens (primary N) is 1. The molecular formula is C19H20N4OS. The van der Waals surface area contributed by atoms with Crippen molar-refractivity contribution < 1.29 is 4.79 Å². The summed E-state index contributed by atoms with van der Waals surface area (Å²) in [5, 5.41) is 9.76. The molecule has 1 aliphatic carbocycles. The van der Waals surface area contributed by atoms with Crippen LogP contribution in [0.3, 0.4) is 0 Å². The van der Waals surface area contributed by atoms with Crippen molar-refractivity contribution in [2.75, 3.05) is 6.54 Å². The summed E-state index contributed by atoms with van der Waals surface area (Å²) in [7, 11) is 0. The molecule has 1 fully saturated rings. The minimum atomic E-state index is -0.104. The van der Waals surface area contributed by atoms with Crippen molar-refractivity contribution in [2.45, 2.75) is 18.9 Å². The number of carbonyl (C=O) groups excluding carboxylic acids is 1.